The minimum atomic E-state index is -0.316. The molecule has 23 heavy (non-hydrogen) atoms. The quantitative estimate of drug-likeness (QED) is 0.885. The summed E-state index contributed by atoms with van der Waals surface area (Å²) >= 11 is 5.98. The summed E-state index contributed by atoms with van der Waals surface area (Å²) in [5, 5.41) is 14.2. The Kier molecular flexibility index (Phi) is 5.73. The molecule has 0 atom stereocenters. The lowest BCUT2D eigenvalue weighted by Gasteiger charge is -2.08. The molecule has 0 aromatic heterocycles. The van der Waals surface area contributed by atoms with Crippen LogP contribution in [0.15, 0.2) is 48.5 Å². The monoisotopic (exact) mass is 327 g/mol. The smallest absolute Gasteiger partial charge is 0.257 e. The van der Waals surface area contributed by atoms with Crippen molar-refractivity contribution < 1.29 is 9.59 Å². The van der Waals surface area contributed by atoms with Crippen LogP contribution in [0.2, 0.25) is 5.02 Å². The topological polar surface area (TPSA) is 82.0 Å². The Bertz CT molecular complexity index is 751. The van der Waals surface area contributed by atoms with Crippen molar-refractivity contribution in [3.63, 3.8) is 0 Å². The fraction of sp³-hybridized carbons (Fsp3) is 0.118. The third-order valence-electron chi connectivity index (χ3n) is 3.06. The summed E-state index contributed by atoms with van der Waals surface area (Å²) in [4.78, 5) is 23.3. The van der Waals surface area contributed by atoms with Crippen LogP contribution in [0.3, 0.4) is 0 Å². The van der Waals surface area contributed by atoms with Gasteiger partial charge in [-0.05, 0) is 29.8 Å². The molecule has 2 N–H and O–H groups in total. The van der Waals surface area contributed by atoms with Crippen LogP contribution < -0.4 is 10.6 Å². The molecule has 0 radical (unpaired) electrons. The van der Waals surface area contributed by atoms with Gasteiger partial charge in [0.2, 0.25) is 5.91 Å². The number of benzene rings is 2. The SMILES string of the molecule is N#CCC(=O)NCc1ccc(NC(=O)c2ccccc2Cl)cc1. The summed E-state index contributed by atoms with van der Waals surface area (Å²) in [5.41, 5.74) is 1.90. The maximum Gasteiger partial charge on any atom is 0.257 e. The van der Waals surface area contributed by atoms with Gasteiger partial charge >= 0.3 is 0 Å². The van der Waals surface area contributed by atoms with Crippen molar-refractivity contribution in [3.8, 4) is 6.07 Å². The zero-order chi connectivity index (χ0) is 16.7. The molecule has 6 heteroatoms. The van der Waals surface area contributed by atoms with Gasteiger partial charge in [0.25, 0.3) is 5.91 Å². The van der Waals surface area contributed by atoms with Crippen LogP contribution in [-0.2, 0) is 11.3 Å². The highest BCUT2D eigenvalue weighted by Crippen LogP contribution is 2.17. The van der Waals surface area contributed by atoms with Gasteiger partial charge in [0.15, 0.2) is 0 Å². The predicted molar refractivity (Wildman–Crippen MR) is 87.9 cm³/mol. The molecule has 5 nitrogen and oxygen atoms in total. The first-order chi connectivity index (χ1) is 11.1. The maximum absolute atomic E-state index is 12.1. The second-order valence-corrected chi connectivity index (χ2v) is 5.15. The van der Waals surface area contributed by atoms with Crippen molar-refractivity contribution in [2.45, 2.75) is 13.0 Å². The number of anilines is 1. The van der Waals surface area contributed by atoms with E-state index in [-0.39, 0.29) is 18.2 Å². The molecule has 2 amide bonds. The predicted octanol–water partition coefficient (Wildman–Crippen LogP) is 3.12. The van der Waals surface area contributed by atoms with E-state index in [1.54, 1.807) is 54.6 Å². The normalized spacial score (nSPS) is 9.74. The summed E-state index contributed by atoms with van der Waals surface area (Å²) < 4.78 is 0. The van der Waals surface area contributed by atoms with E-state index < -0.39 is 0 Å². The van der Waals surface area contributed by atoms with E-state index in [0.29, 0.717) is 22.8 Å². The van der Waals surface area contributed by atoms with Crippen molar-refractivity contribution in [1.29, 1.82) is 5.26 Å². The molecule has 0 bridgehead atoms. The molecular formula is C17H14ClN3O2. The van der Waals surface area contributed by atoms with Crippen LogP contribution >= 0.6 is 11.6 Å². The van der Waals surface area contributed by atoms with E-state index >= 15 is 0 Å². The zero-order valence-electron chi connectivity index (χ0n) is 12.2. The number of nitriles is 1. The molecule has 0 fully saturated rings. The van der Waals surface area contributed by atoms with Gasteiger partial charge in [-0.25, -0.2) is 0 Å². The van der Waals surface area contributed by atoms with Crippen molar-refractivity contribution >= 4 is 29.1 Å². The Morgan fingerprint density at radius 2 is 1.78 bits per heavy atom. The minimum absolute atomic E-state index is 0.161. The van der Waals surface area contributed by atoms with Crippen LogP contribution in [0.25, 0.3) is 0 Å². The molecule has 0 spiro atoms. The molecule has 2 aromatic carbocycles. The molecule has 0 saturated carbocycles. The molecule has 2 aromatic rings. The van der Waals surface area contributed by atoms with E-state index in [2.05, 4.69) is 10.6 Å². The molecule has 2 rings (SSSR count). The fourth-order valence-electron chi connectivity index (χ4n) is 1.88. The van der Waals surface area contributed by atoms with E-state index in [1.807, 2.05) is 0 Å². The van der Waals surface area contributed by atoms with Gasteiger partial charge in [0.05, 0.1) is 16.7 Å². The highest BCUT2D eigenvalue weighted by molar-refractivity contribution is 6.34. The first-order valence-electron chi connectivity index (χ1n) is 6.88. The second kappa shape index (κ2) is 7.97. The highest BCUT2D eigenvalue weighted by atomic mass is 35.5. The van der Waals surface area contributed by atoms with Crippen molar-refractivity contribution in [2.24, 2.45) is 0 Å². The Balaban J connectivity index is 1.95. The number of nitrogens with zero attached hydrogens (tertiary/aromatic N) is 1. The number of nitrogens with one attached hydrogen (secondary N) is 2. The van der Waals surface area contributed by atoms with Crippen molar-refractivity contribution in [1.82, 2.24) is 5.32 Å². The molecule has 0 heterocycles. The lowest BCUT2D eigenvalue weighted by molar-refractivity contribution is -0.120. The zero-order valence-corrected chi connectivity index (χ0v) is 12.9. The van der Waals surface area contributed by atoms with Gasteiger partial charge in [-0.1, -0.05) is 35.9 Å². The number of hydrogen-bond donors (Lipinski definition) is 2. The van der Waals surface area contributed by atoms with Crippen LogP contribution in [-0.4, -0.2) is 11.8 Å². The summed E-state index contributed by atoms with van der Waals surface area (Å²) in [6, 6.07) is 15.6. The average Bonchev–Trinajstić information content (AvgIpc) is 2.55. The van der Waals surface area contributed by atoms with Crippen LogP contribution in [0.5, 0.6) is 0 Å². The summed E-state index contributed by atoms with van der Waals surface area (Å²) in [6.07, 6.45) is -0.161. The van der Waals surface area contributed by atoms with Crippen LogP contribution in [0.1, 0.15) is 22.3 Å². The molecule has 0 saturated heterocycles. The average molecular weight is 328 g/mol. The Morgan fingerprint density at radius 3 is 2.43 bits per heavy atom. The fourth-order valence-corrected chi connectivity index (χ4v) is 2.11. The third-order valence-corrected chi connectivity index (χ3v) is 3.39. The van der Waals surface area contributed by atoms with Gasteiger partial charge < -0.3 is 10.6 Å². The minimum Gasteiger partial charge on any atom is -0.351 e. The Hall–Kier alpha value is -2.84. The molecule has 116 valence electrons. The number of rotatable bonds is 5. The summed E-state index contributed by atoms with van der Waals surface area (Å²) in [7, 11) is 0. The molecule has 0 unspecified atom stereocenters. The van der Waals surface area contributed by atoms with Crippen molar-refractivity contribution in [3.05, 3.63) is 64.7 Å². The Morgan fingerprint density at radius 1 is 1.09 bits per heavy atom. The van der Waals surface area contributed by atoms with E-state index in [1.165, 1.54) is 0 Å². The highest BCUT2D eigenvalue weighted by Gasteiger charge is 2.09. The Labute approximate surface area is 138 Å². The number of carbonyl (C=O) groups is 2. The first-order valence-corrected chi connectivity index (χ1v) is 7.26. The number of hydrogen-bond acceptors (Lipinski definition) is 3. The second-order valence-electron chi connectivity index (χ2n) is 4.74. The first kappa shape index (κ1) is 16.5. The van der Waals surface area contributed by atoms with Crippen LogP contribution in [0.4, 0.5) is 5.69 Å². The van der Waals surface area contributed by atoms with E-state index in [0.717, 1.165) is 5.56 Å². The maximum atomic E-state index is 12.1. The van der Waals surface area contributed by atoms with Crippen molar-refractivity contribution in [2.75, 3.05) is 5.32 Å². The largest absolute Gasteiger partial charge is 0.351 e. The number of amides is 2. The lowest BCUT2D eigenvalue weighted by Crippen LogP contribution is -2.21. The van der Waals surface area contributed by atoms with Gasteiger partial charge in [-0.2, -0.15) is 5.26 Å². The molecule has 0 aliphatic heterocycles. The molecule has 0 aliphatic carbocycles. The van der Waals surface area contributed by atoms with E-state index in [9.17, 15) is 9.59 Å². The van der Waals surface area contributed by atoms with E-state index in [4.69, 9.17) is 16.9 Å². The van der Waals surface area contributed by atoms with Gasteiger partial charge in [-0.15, -0.1) is 0 Å². The molecule has 0 aliphatic rings. The van der Waals surface area contributed by atoms with Gasteiger partial charge in [-0.3, -0.25) is 9.59 Å². The standard InChI is InChI=1S/C17H14ClN3O2/c18-15-4-2-1-3-14(15)17(23)21-13-7-5-12(6-8-13)11-20-16(22)9-10-19/h1-8H,9,11H2,(H,20,22)(H,21,23). The van der Waals surface area contributed by atoms with Gasteiger partial charge in [0, 0.05) is 12.2 Å². The lowest BCUT2D eigenvalue weighted by atomic mass is 10.1. The van der Waals surface area contributed by atoms with Crippen LogP contribution in [0, 0.1) is 11.3 Å². The third kappa shape index (κ3) is 4.83. The van der Waals surface area contributed by atoms with Gasteiger partial charge in [0.1, 0.15) is 6.42 Å². The number of halogens is 1. The number of carbonyl (C=O) groups excluding carboxylic acids is 2. The summed E-state index contributed by atoms with van der Waals surface area (Å²) in [6.45, 7) is 0.333. The summed E-state index contributed by atoms with van der Waals surface area (Å²) in [5.74, 6) is -0.603. The molecular weight excluding hydrogens is 314 g/mol.